The van der Waals surface area contributed by atoms with Crippen molar-refractivity contribution in [1.29, 1.82) is 0 Å². The SMILES string of the molecule is CCCCC/C=C\C/C=C\CCCCCCCCOCC(COC1OC(CO)C(O)C(O)C1O)OC(=O)CCCCCCCCCCC/C=C\CCCCCCCCCC. The quantitative estimate of drug-likeness (QED) is 0.0269. The maximum atomic E-state index is 12.8. The van der Waals surface area contributed by atoms with E-state index in [-0.39, 0.29) is 19.2 Å². The summed E-state index contributed by atoms with van der Waals surface area (Å²) in [5.41, 5.74) is 0. The Morgan fingerprint density at radius 1 is 0.533 bits per heavy atom. The Bertz CT molecular complexity index is 1010. The van der Waals surface area contributed by atoms with Crippen LogP contribution in [0.1, 0.15) is 219 Å². The molecule has 1 heterocycles. The van der Waals surface area contributed by atoms with Crippen LogP contribution in [0.15, 0.2) is 36.5 Å². The second-order valence-electron chi connectivity index (χ2n) is 17.3. The van der Waals surface area contributed by atoms with Gasteiger partial charge in [-0.2, -0.15) is 0 Å². The molecule has 0 bridgehead atoms. The highest BCUT2D eigenvalue weighted by atomic mass is 16.7. The molecule has 6 atom stereocenters. The van der Waals surface area contributed by atoms with Crippen LogP contribution in [0, 0.1) is 0 Å². The smallest absolute Gasteiger partial charge is 0.306 e. The Hall–Kier alpha value is -1.59. The first-order chi connectivity index (χ1) is 29.4. The molecule has 60 heavy (non-hydrogen) atoms. The number of esters is 1. The summed E-state index contributed by atoms with van der Waals surface area (Å²) in [6.07, 6.45) is 44.6. The Morgan fingerprint density at radius 3 is 1.48 bits per heavy atom. The summed E-state index contributed by atoms with van der Waals surface area (Å²) in [4.78, 5) is 12.8. The zero-order valence-corrected chi connectivity index (χ0v) is 38.7. The molecule has 9 heteroatoms. The van der Waals surface area contributed by atoms with E-state index in [1.807, 2.05) is 0 Å². The third kappa shape index (κ3) is 33.0. The van der Waals surface area contributed by atoms with Crippen LogP contribution in [0.25, 0.3) is 0 Å². The summed E-state index contributed by atoms with van der Waals surface area (Å²) in [7, 11) is 0. The van der Waals surface area contributed by atoms with Gasteiger partial charge in [0.1, 0.15) is 30.5 Å². The minimum atomic E-state index is -1.54. The maximum Gasteiger partial charge on any atom is 0.306 e. The number of hydrogen-bond donors (Lipinski definition) is 4. The summed E-state index contributed by atoms with van der Waals surface area (Å²) in [6.45, 7) is 4.53. The third-order valence-electron chi connectivity index (χ3n) is 11.5. The van der Waals surface area contributed by atoms with E-state index in [2.05, 4.69) is 50.3 Å². The molecule has 1 rings (SSSR count). The molecule has 0 aromatic heterocycles. The Balaban J connectivity index is 2.22. The van der Waals surface area contributed by atoms with Gasteiger partial charge in [-0.15, -0.1) is 0 Å². The predicted molar refractivity (Wildman–Crippen MR) is 247 cm³/mol. The highest BCUT2D eigenvalue weighted by Crippen LogP contribution is 2.23. The molecule has 0 aliphatic carbocycles. The number of carbonyl (C=O) groups excluding carboxylic acids is 1. The van der Waals surface area contributed by atoms with E-state index in [1.54, 1.807) is 0 Å². The van der Waals surface area contributed by atoms with Gasteiger partial charge in [-0.1, -0.05) is 179 Å². The summed E-state index contributed by atoms with van der Waals surface area (Å²) in [5, 5.41) is 40.2. The monoisotopic (exact) mass is 851 g/mol. The van der Waals surface area contributed by atoms with Gasteiger partial charge in [-0.25, -0.2) is 0 Å². The lowest BCUT2D eigenvalue weighted by Crippen LogP contribution is -2.59. The number of unbranched alkanes of at least 4 members (excludes halogenated alkanes) is 26. The van der Waals surface area contributed by atoms with Crippen molar-refractivity contribution in [3.05, 3.63) is 36.5 Å². The van der Waals surface area contributed by atoms with Crippen LogP contribution >= 0.6 is 0 Å². The summed E-state index contributed by atoms with van der Waals surface area (Å²) < 4.78 is 22.9. The van der Waals surface area contributed by atoms with Crippen molar-refractivity contribution in [2.24, 2.45) is 0 Å². The lowest BCUT2D eigenvalue weighted by molar-refractivity contribution is -0.305. The molecule has 4 N–H and O–H groups in total. The van der Waals surface area contributed by atoms with E-state index < -0.39 is 43.4 Å². The van der Waals surface area contributed by atoms with E-state index in [4.69, 9.17) is 18.9 Å². The van der Waals surface area contributed by atoms with Crippen molar-refractivity contribution in [1.82, 2.24) is 0 Å². The minimum Gasteiger partial charge on any atom is -0.457 e. The first-order valence-corrected chi connectivity index (χ1v) is 25.1. The number of aliphatic hydroxyl groups is 4. The number of allylic oxidation sites excluding steroid dienone is 6. The standard InChI is InChI=1S/C51H94O9/c1-3-5-7-9-11-13-15-17-19-21-22-23-24-25-26-28-30-32-34-36-38-40-47(53)59-45(44-58-51-50(56)49(55)48(54)46(42-52)60-51)43-57-41-39-37-35-33-31-29-27-20-18-16-14-12-10-8-6-4-2/h12,14,18,20-22,45-46,48-52,54-56H,3-11,13,15-17,19,23-44H2,1-2H3/b14-12-,20-18-,22-21-. The van der Waals surface area contributed by atoms with Crippen molar-refractivity contribution in [3.63, 3.8) is 0 Å². The summed E-state index contributed by atoms with van der Waals surface area (Å²) in [5.74, 6) is -0.318. The van der Waals surface area contributed by atoms with Gasteiger partial charge >= 0.3 is 5.97 Å². The molecule has 1 aliphatic rings. The van der Waals surface area contributed by atoms with Gasteiger partial charge in [0.25, 0.3) is 0 Å². The van der Waals surface area contributed by atoms with Crippen LogP contribution in [0.3, 0.4) is 0 Å². The fourth-order valence-corrected chi connectivity index (χ4v) is 7.58. The average Bonchev–Trinajstić information content (AvgIpc) is 3.25. The van der Waals surface area contributed by atoms with Crippen molar-refractivity contribution >= 4 is 5.97 Å². The Morgan fingerprint density at radius 2 is 0.967 bits per heavy atom. The zero-order chi connectivity index (χ0) is 43.6. The molecule has 1 fully saturated rings. The molecule has 9 nitrogen and oxygen atoms in total. The van der Waals surface area contributed by atoms with Crippen molar-refractivity contribution in [2.45, 2.75) is 256 Å². The second-order valence-corrected chi connectivity index (χ2v) is 17.3. The molecule has 0 amide bonds. The van der Waals surface area contributed by atoms with Crippen molar-refractivity contribution in [2.75, 3.05) is 26.4 Å². The molecule has 0 aromatic rings. The van der Waals surface area contributed by atoms with Gasteiger partial charge in [0.15, 0.2) is 6.29 Å². The molecule has 6 unspecified atom stereocenters. The lowest BCUT2D eigenvalue weighted by Gasteiger charge is -2.39. The number of aliphatic hydroxyl groups excluding tert-OH is 4. The van der Waals surface area contributed by atoms with Gasteiger partial charge in [-0.3, -0.25) is 4.79 Å². The molecule has 1 aliphatic heterocycles. The van der Waals surface area contributed by atoms with Crippen molar-refractivity contribution < 1.29 is 44.2 Å². The number of carbonyl (C=O) groups is 1. The molecular formula is C51H94O9. The molecule has 0 saturated carbocycles. The predicted octanol–water partition coefficient (Wildman–Crippen LogP) is 11.9. The van der Waals surface area contributed by atoms with E-state index >= 15 is 0 Å². The summed E-state index contributed by atoms with van der Waals surface area (Å²) >= 11 is 0. The van der Waals surface area contributed by atoms with E-state index in [0.29, 0.717) is 13.0 Å². The van der Waals surface area contributed by atoms with Crippen LogP contribution < -0.4 is 0 Å². The summed E-state index contributed by atoms with van der Waals surface area (Å²) in [6, 6.07) is 0. The number of ether oxygens (including phenoxy) is 4. The molecule has 0 aromatic carbocycles. The highest BCUT2D eigenvalue weighted by Gasteiger charge is 2.44. The van der Waals surface area contributed by atoms with Gasteiger partial charge in [-0.05, 0) is 70.6 Å². The van der Waals surface area contributed by atoms with Crippen LogP contribution in [-0.4, -0.2) is 89.6 Å². The van der Waals surface area contributed by atoms with Gasteiger partial charge in [0, 0.05) is 13.0 Å². The fourth-order valence-electron chi connectivity index (χ4n) is 7.58. The molecule has 0 radical (unpaired) electrons. The van der Waals surface area contributed by atoms with E-state index in [1.165, 1.54) is 148 Å². The normalized spacial score (nSPS) is 20.3. The van der Waals surface area contributed by atoms with E-state index in [0.717, 1.165) is 51.4 Å². The minimum absolute atomic E-state index is 0.117. The topological polar surface area (TPSA) is 135 Å². The molecule has 352 valence electrons. The molecule has 1 saturated heterocycles. The highest BCUT2D eigenvalue weighted by molar-refractivity contribution is 5.69. The largest absolute Gasteiger partial charge is 0.457 e. The Labute approximate surface area is 368 Å². The van der Waals surface area contributed by atoms with Crippen LogP contribution in [0.5, 0.6) is 0 Å². The zero-order valence-electron chi connectivity index (χ0n) is 38.7. The van der Waals surface area contributed by atoms with Gasteiger partial charge in [0.05, 0.1) is 19.8 Å². The third-order valence-corrected chi connectivity index (χ3v) is 11.5. The fraction of sp³-hybridized carbons (Fsp3) is 0.863. The van der Waals surface area contributed by atoms with Gasteiger partial charge in [0.2, 0.25) is 0 Å². The maximum absolute atomic E-state index is 12.8. The number of hydrogen-bond acceptors (Lipinski definition) is 9. The first kappa shape index (κ1) is 56.4. The lowest BCUT2D eigenvalue weighted by atomic mass is 9.99. The first-order valence-electron chi connectivity index (χ1n) is 25.1. The van der Waals surface area contributed by atoms with Crippen molar-refractivity contribution in [3.8, 4) is 0 Å². The van der Waals surface area contributed by atoms with E-state index in [9.17, 15) is 25.2 Å². The number of rotatable bonds is 43. The molecule has 0 spiro atoms. The molecular weight excluding hydrogens is 757 g/mol. The second kappa shape index (κ2) is 42.7. The van der Waals surface area contributed by atoms with Crippen LogP contribution in [0.4, 0.5) is 0 Å². The van der Waals surface area contributed by atoms with Gasteiger partial charge < -0.3 is 39.4 Å². The van der Waals surface area contributed by atoms with Crippen LogP contribution in [0.2, 0.25) is 0 Å². The van der Waals surface area contributed by atoms with Crippen LogP contribution in [-0.2, 0) is 23.7 Å². The Kier molecular flexibility index (Phi) is 40.2. The average molecular weight is 851 g/mol.